The molecular weight excluding hydrogens is 493 g/mol. The average molecular weight is 521 g/mol. The first-order valence-electron chi connectivity index (χ1n) is 11.4. The van der Waals surface area contributed by atoms with Crippen molar-refractivity contribution in [3.05, 3.63) is 70.8 Å². The topological polar surface area (TPSA) is 123 Å². The molecule has 1 aliphatic rings. The van der Waals surface area contributed by atoms with Crippen LogP contribution in [0.1, 0.15) is 45.8 Å². The van der Waals surface area contributed by atoms with E-state index in [0.717, 1.165) is 6.07 Å². The minimum absolute atomic E-state index is 0.0500. The summed E-state index contributed by atoms with van der Waals surface area (Å²) in [7, 11) is 1.40. The summed E-state index contributed by atoms with van der Waals surface area (Å²) in [6.45, 7) is 0.458. The van der Waals surface area contributed by atoms with Crippen LogP contribution in [-0.2, 0) is 27.1 Å². The molecule has 0 bridgehead atoms. The van der Waals surface area contributed by atoms with Gasteiger partial charge in [-0.05, 0) is 42.0 Å². The molecule has 0 atom stereocenters. The van der Waals surface area contributed by atoms with E-state index in [1.54, 1.807) is 35.2 Å². The quantitative estimate of drug-likeness (QED) is 0.444. The lowest BCUT2D eigenvalue weighted by Gasteiger charge is -2.33. The molecule has 2 aromatic carbocycles. The van der Waals surface area contributed by atoms with E-state index in [2.05, 4.69) is 10.3 Å². The molecule has 3 rings (SSSR count). The molecule has 1 aliphatic heterocycles. The summed E-state index contributed by atoms with van der Waals surface area (Å²) in [5, 5.41) is 2.10. The third kappa shape index (κ3) is 7.78. The second-order valence-electron chi connectivity index (χ2n) is 8.38. The van der Waals surface area contributed by atoms with E-state index in [1.807, 2.05) is 0 Å². The van der Waals surface area contributed by atoms with Crippen molar-refractivity contribution in [1.29, 1.82) is 0 Å². The molecule has 0 aliphatic carbocycles. The van der Waals surface area contributed by atoms with Gasteiger partial charge in [-0.15, -0.1) is 4.99 Å². The van der Waals surface area contributed by atoms with E-state index in [9.17, 15) is 27.6 Å². The minimum atomic E-state index is -4.71. The number of hydrogen-bond acceptors (Lipinski definition) is 5. The van der Waals surface area contributed by atoms with Gasteiger partial charge in [-0.2, -0.15) is 13.2 Å². The third-order valence-corrected chi connectivity index (χ3v) is 5.83. The number of rotatable bonds is 6. The van der Waals surface area contributed by atoms with Crippen LogP contribution in [0.4, 0.5) is 18.0 Å². The van der Waals surface area contributed by atoms with Gasteiger partial charge in [-0.1, -0.05) is 36.4 Å². The zero-order valence-electron chi connectivity index (χ0n) is 20.1. The number of carbonyl (C=O) groups excluding carboxylic acids is 3. The normalized spacial score (nSPS) is 14.8. The van der Waals surface area contributed by atoms with Crippen LogP contribution in [0, 0.1) is 0 Å². The summed E-state index contributed by atoms with van der Waals surface area (Å²) in [5.74, 6) is -2.23. The van der Waals surface area contributed by atoms with Gasteiger partial charge in [0.1, 0.15) is 13.2 Å². The van der Waals surface area contributed by atoms with Crippen molar-refractivity contribution in [2.75, 3.05) is 26.8 Å². The zero-order valence-corrected chi connectivity index (χ0v) is 20.1. The van der Waals surface area contributed by atoms with Gasteiger partial charge in [0, 0.05) is 25.8 Å². The number of halogens is 3. The van der Waals surface area contributed by atoms with Gasteiger partial charge in [0.2, 0.25) is 11.9 Å². The van der Waals surface area contributed by atoms with E-state index < -0.39 is 35.6 Å². The summed E-state index contributed by atoms with van der Waals surface area (Å²) in [4.78, 5) is 41.3. The number of methoxy groups -OCH3 is 1. The zero-order chi connectivity index (χ0) is 27.0. The molecular formula is C25H27F3N4O5. The Bertz CT molecular complexity index is 1150. The number of piperidine rings is 1. The van der Waals surface area contributed by atoms with Crippen molar-refractivity contribution in [1.82, 2.24) is 10.2 Å². The molecule has 0 spiro atoms. The Kier molecular flexibility index (Phi) is 9.23. The number of amides is 3. The first-order valence-corrected chi connectivity index (χ1v) is 11.4. The Morgan fingerprint density at radius 1 is 1.11 bits per heavy atom. The average Bonchev–Trinajstić information content (AvgIpc) is 2.87. The predicted octanol–water partition coefficient (Wildman–Crippen LogP) is 3.44. The number of carbonyl (C=O) groups is 3. The molecule has 37 heavy (non-hydrogen) atoms. The van der Waals surface area contributed by atoms with Crippen LogP contribution in [-0.4, -0.2) is 55.6 Å². The van der Waals surface area contributed by atoms with Crippen molar-refractivity contribution in [3.63, 3.8) is 0 Å². The highest BCUT2D eigenvalue weighted by molar-refractivity contribution is 6.07. The smallest absolute Gasteiger partial charge is 0.437 e. The Labute approximate surface area is 211 Å². The SMILES string of the molecule is COCC(=O)N1CCC(c2ccc(C(=O)N/C(N)=N\C(=O)OCc3ccccc3)cc2C(F)(F)F)CC1. The summed E-state index contributed by atoms with van der Waals surface area (Å²) < 4.78 is 51.4. The van der Waals surface area contributed by atoms with Crippen LogP contribution >= 0.6 is 0 Å². The number of aliphatic imine (C=N–C) groups is 1. The minimum Gasteiger partial charge on any atom is -0.443 e. The van der Waals surface area contributed by atoms with E-state index in [-0.39, 0.29) is 30.2 Å². The van der Waals surface area contributed by atoms with Crippen molar-refractivity contribution < 1.29 is 37.0 Å². The van der Waals surface area contributed by atoms with Gasteiger partial charge in [0.15, 0.2) is 0 Å². The van der Waals surface area contributed by atoms with Crippen LogP contribution in [0.25, 0.3) is 0 Å². The molecule has 1 fully saturated rings. The van der Waals surface area contributed by atoms with Crippen LogP contribution in [0.3, 0.4) is 0 Å². The molecule has 12 heteroatoms. The van der Waals surface area contributed by atoms with E-state index >= 15 is 0 Å². The first-order chi connectivity index (χ1) is 17.6. The fourth-order valence-electron chi connectivity index (χ4n) is 4.02. The number of nitrogens with two attached hydrogens (primary N) is 1. The van der Waals surface area contributed by atoms with Crippen molar-refractivity contribution in [2.45, 2.75) is 31.5 Å². The lowest BCUT2D eigenvalue weighted by molar-refractivity contribution is -0.139. The second-order valence-corrected chi connectivity index (χ2v) is 8.38. The maximum Gasteiger partial charge on any atom is 0.437 e. The molecule has 0 aromatic heterocycles. The Morgan fingerprint density at radius 3 is 2.41 bits per heavy atom. The molecule has 1 heterocycles. The molecule has 0 unspecified atom stereocenters. The highest BCUT2D eigenvalue weighted by atomic mass is 19.4. The molecule has 9 nitrogen and oxygen atoms in total. The van der Waals surface area contributed by atoms with Crippen molar-refractivity contribution in [2.24, 2.45) is 10.7 Å². The van der Waals surface area contributed by atoms with Gasteiger partial charge in [-0.3, -0.25) is 14.9 Å². The highest BCUT2D eigenvalue weighted by Crippen LogP contribution is 2.39. The molecule has 2 aromatic rings. The number of benzene rings is 2. The van der Waals surface area contributed by atoms with E-state index in [0.29, 0.717) is 31.5 Å². The summed E-state index contributed by atoms with van der Waals surface area (Å²) in [5.41, 5.74) is 5.07. The van der Waals surface area contributed by atoms with Gasteiger partial charge in [0.25, 0.3) is 5.91 Å². The largest absolute Gasteiger partial charge is 0.443 e. The molecule has 0 saturated carbocycles. The number of likely N-dealkylation sites (tertiary alicyclic amines) is 1. The Morgan fingerprint density at radius 2 is 1.78 bits per heavy atom. The maximum atomic E-state index is 13.9. The second kappa shape index (κ2) is 12.3. The monoisotopic (exact) mass is 520 g/mol. The molecule has 0 radical (unpaired) electrons. The van der Waals surface area contributed by atoms with Crippen LogP contribution in [0.5, 0.6) is 0 Å². The fourth-order valence-corrected chi connectivity index (χ4v) is 4.02. The summed E-state index contributed by atoms with van der Waals surface area (Å²) in [6, 6.07) is 12.0. The number of hydrogen-bond donors (Lipinski definition) is 2. The van der Waals surface area contributed by atoms with Crippen LogP contribution < -0.4 is 11.1 Å². The first kappa shape index (κ1) is 27.7. The number of ether oxygens (including phenoxy) is 2. The number of nitrogens with zero attached hydrogens (tertiary/aromatic N) is 2. The number of alkyl halides is 3. The van der Waals surface area contributed by atoms with Gasteiger partial charge >= 0.3 is 12.3 Å². The number of nitrogens with one attached hydrogen (secondary N) is 1. The van der Waals surface area contributed by atoms with Crippen molar-refractivity contribution >= 4 is 23.9 Å². The van der Waals surface area contributed by atoms with Gasteiger partial charge < -0.3 is 20.1 Å². The lowest BCUT2D eigenvalue weighted by Crippen LogP contribution is -2.40. The van der Waals surface area contributed by atoms with Crippen LogP contribution in [0.15, 0.2) is 53.5 Å². The van der Waals surface area contributed by atoms with Gasteiger partial charge in [-0.25, -0.2) is 4.79 Å². The maximum absolute atomic E-state index is 13.9. The molecule has 198 valence electrons. The molecule has 3 N–H and O–H groups in total. The lowest BCUT2D eigenvalue weighted by atomic mass is 9.85. The van der Waals surface area contributed by atoms with E-state index in [4.69, 9.17) is 15.2 Å². The fraction of sp³-hybridized carbons (Fsp3) is 0.360. The van der Waals surface area contributed by atoms with E-state index in [1.165, 1.54) is 19.2 Å². The molecule has 1 saturated heterocycles. The summed E-state index contributed by atoms with van der Waals surface area (Å²) in [6.07, 6.45) is -5.10. The third-order valence-electron chi connectivity index (χ3n) is 5.83. The highest BCUT2D eigenvalue weighted by Gasteiger charge is 2.37. The summed E-state index contributed by atoms with van der Waals surface area (Å²) >= 11 is 0. The Balaban J connectivity index is 1.67. The van der Waals surface area contributed by atoms with Gasteiger partial charge in [0.05, 0.1) is 5.56 Å². The molecule has 3 amide bonds. The van der Waals surface area contributed by atoms with Crippen LogP contribution in [0.2, 0.25) is 0 Å². The Hall–Kier alpha value is -3.93. The number of guanidine groups is 1. The predicted molar refractivity (Wildman–Crippen MR) is 128 cm³/mol. The van der Waals surface area contributed by atoms with Crippen molar-refractivity contribution in [3.8, 4) is 0 Å². The standard InChI is InChI=1S/C25H27F3N4O5/c1-36-15-21(33)32-11-9-17(10-12-32)19-8-7-18(13-20(19)25(26,27)28)22(34)30-23(29)31-24(35)37-14-16-5-3-2-4-6-16/h2-8,13,17H,9-12,14-15H2,1H3,(H3,29,30,31,34,35).